The molecule has 2 amide bonds. The molecule has 0 radical (unpaired) electrons. The number of rotatable bonds is 8. The van der Waals surface area contributed by atoms with Crippen LogP contribution in [-0.2, 0) is 9.59 Å². The molecule has 1 aliphatic rings. The molecule has 0 atom stereocenters. The van der Waals surface area contributed by atoms with Crippen molar-refractivity contribution in [2.45, 2.75) is 19.3 Å². The second-order valence-electron chi connectivity index (χ2n) is 7.87. The Hall–Kier alpha value is -4.13. The minimum atomic E-state index is -0.231. The first-order chi connectivity index (χ1) is 16.6. The van der Waals surface area contributed by atoms with Gasteiger partial charge in [0, 0.05) is 30.5 Å². The van der Waals surface area contributed by atoms with Gasteiger partial charge in [-0.15, -0.1) is 0 Å². The van der Waals surface area contributed by atoms with Crippen LogP contribution in [0.5, 0.6) is 11.5 Å². The summed E-state index contributed by atoms with van der Waals surface area (Å²) >= 11 is 0. The highest BCUT2D eigenvalue weighted by atomic mass is 16.5. The first-order valence-electron chi connectivity index (χ1n) is 11.1. The fourth-order valence-electron chi connectivity index (χ4n) is 3.83. The first kappa shape index (κ1) is 23.0. The lowest BCUT2D eigenvalue weighted by atomic mass is 10.0. The maximum absolute atomic E-state index is 12.6. The average Bonchev–Trinajstić information content (AvgIpc) is 3.38. The lowest BCUT2D eigenvalue weighted by Gasteiger charge is -2.13. The summed E-state index contributed by atoms with van der Waals surface area (Å²) in [7, 11) is 3.23. The van der Waals surface area contributed by atoms with Gasteiger partial charge in [0.2, 0.25) is 11.8 Å². The van der Waals surface area contributed by atoms with Crippen LogP contribution >= 0.6 is 0 Å². The Kier molecular flexibility index (Phi) is 7.22. The van der Waals surface area contributed by atoms with Crippen LogP contribution in [0.25, 0.3) is 11.1 Å². The number of ether oxygens (including phenoxy) is 2. The fraction of sp³-hybridized carbons (Fsp3) is 0.222. The first-order valence-corrected chi connectivity index (χ1v) is 11.1. The average molecular weight is 458 g/mol. The van der Waals surface area contributed by atoms with Crippen molar-refractivity contribution < 1.29 is 19.1 Å². The number of benzene rings is 3. The van der Waals surface area contributed by atoms with E-state index in [9.17, 15) is 9.59 Å². The topological polar surface area (TPSA) is 80.2 Å². The number of hydrogen-bond donors (Lipinski definition) is 1. The zero-order valence-corrected chi connectivity index (χ0v) is 19.3. The highest BCUT2D eigenvalue weighted by molar-refractivity contribution is 6.03. The Labute approximate surface area is 199 Å². The van der Waals surface area contributed by atoms with Gasteiger partial charge in [-0.1, -0.05) is 42.5 Å². The molecule has 7 heteroatoms. The minimum absolute atomic E-state index is 0.0788. The molecule has 1 aliphatic heterocycles. The van der Waals surface area contributed by atoms with Gasteiger partial charge in [0.25, 0.3) is 0 Å². The standard InChI is InChI=1S/C27H27N3O4/c1-33-22-11-8-19(9-12-22)23-18-21(10-13-25(23)34-2)28-26(31)14-15-27(32)30-17-16-24(29-30)20-6-4-3-5-7-20/h3-13,18H,14-17H2,1-2H3,(H,28,31). The van der Waals surface area contributed by atoms with Gasteiger partial charge in [-0.05, 0) is 41.5 Å². The molecule has 0 fully saturated rings. The molecule has 0 aliphatic carbocycles. The molecule has 0 saturated carbocycles. The Morgan fingerprint density at radius 1 is 0.912 bits per heavy atom. The fourth-order valence-corrected chi connectivity index (χ4v) is 3.83. The van der Waals surface area contributed by atoms with Gasteiger partial charge in [0.15, 0.2) is 0 Å². The van der Waals surface area contributed by atoms with E-state index in [1.54, 1.807) is 20.3 Å². The monoisotopic (exact) mass is 457 g/mol. The van der Waals surface area contributed by atoms with Gasteiger partial charge in [-0.25, -0.2) is 5.01 Å². The molecule has 0 spiro atoms. The zero-order valence-electron chi connectivity index (χ0n) is 19.3. The molecule has 0 aromatic heterocycles. The Bertz CT molecular complexity index is 1190. The number of nitrogens with one attached hydrogen (secondary N) is 1. The van der Waals surface area contributed by atoms with Crippen molar-refractivity contribution in [3.63, 3.8) is 0 Å². The van der Waals surface area contributed by atoms with Crippen LogP contribution in [0, 0.1) is 0 Å². The van der Waals surface area contributed by atoms with Gasteiger partial charge >= 0.3 is 0 Å². The normalized spacial score (nSPS) is 12.8. The molecule has 34 heavy (non-hydrogen) atoms. The molecule has 174 valence electrons. The predicted octanol–water partition coefficient (Wildman–Crippen LogP) is 4.73. The van der Waals surface area contributed by atoms with E-state index < -0.39 is 0 Å². The summed E-state index contributed by atoms with van der Waals surface area (Å²) in [6.45, 7) is 0.536. The summed E-state index contributed by atoms with van der Waals surface area (Å²) in [6.07, 6.45) is 0.885. The van der Waals surface area contributed by atoms with E-state index in [0.29, 0.717) is 24.4 Å². The van der Waals surface area contributed by atoms with Gasteiger partial charge in [0.05, 0.1) is 26.5 Å². The summed E-state index contributed by atoms with van der Waals surface area (Å²) in [5.41, 5.74) is 4.32. The van der Waals surface area contributed by atoms with Gasteiger partial charge in [-0.3, -0.25) is 9.59 Å². The number of carbonyl (C=O) groups is 2. The number of hydrogen-bond acceptors (Lipinski definition) is 5. The maximum atomic E-state index is 12.6. The van der Waals surface area contributed by atoms with Gasteiger partial charge < -0.3 is 14.8 Å². The van der Waals surface area contributed by atoms with Crippen LogP contribution < -0.4 is 14.8 Å². The van der Waals surface area contributed by atoms with Crippen molar-refractivity contribution >= 4 is 23.2 Å². The second-order valence-corrected chi connectivity index (χ2v) is 7.87. The highest BCUT2D eigenvalue weighted by Gasteiger charge is 2.22. The van der Waals surface area contributed by atoms with Crippen molar-refractivity contribution in [1.29, 1.82) is 0 Å². The molecular formula is C27H27N3O4. The molecule has 0 unspecified atom stereocenters. The van der Waals surface area contributed by atoms with Crippen LogP contribution in [-0.4, -0.2) is 43.3 Å². The molecule has 0 saturated heterocycles. The summed E-state index contributed by atoms with van der Waals surface area (Å²) in [5, 5.41) is 8.79. The van der Waals surface area contributed by atoms with Gasteiger partial charge in [-0.2, -0.15) is 5.10 Å². The third-order valence-electron chi connectivity index (χ3n) is 5.65. The van der Waals surface area contributed by atoms with Crippen LogP contribution in [0.1, 0.15) is 24.8 Å². The minimum Gasteiger partial charge on any atom is -0.497 e. The molecule has 1 heterocycles. The van der Waals surface area contributed by atoms with Crippen LogP contribution in [0.2, 0.25) is 0 Å². The Morgan fingerprint density at radius 2 is 1.68 bits per heavy atom. The molecule has 3 aromatic carbocycles. The third kappa shape index (κ3) is 5.43. The molecule has 0 bridgehead atoms. The van der Waals surface area contributed by atoms with E-state index >= 15 is 0 Å². The Balaban J connectivity index is 1.36. The SMILES string of the molecule is COc1ccc(-c2cc(NC(=O)CCC(=O)N3CCC(c4ccccc4)=N3)ccc2OC)cc1. The molecule has 4 rings (SSSR count). The second kappa shape index (κ2) is 10.7. The van der Waals surface area contributed by atoms with Crippen molar-refractivity contribution in [3.8, 4) is 22.6 Å². The van der Waals surface area contributed by atoms with Crippen LogP contribution in [0.3, 0.4) is 0 Å². The summed E-state index contributed by atoms with van der Waals surface area (Å²) in [6, 6.07) is 22.9. The molecular weight excluding hydrogens is 430 g/mol. The zero-order chi connectivity index (χ0) is 23.9. The third-order valence-corrected chi connectivity index (χ3v) is 5.65. The number of methoxy groups -OCH3 is 2. The van der Waals surface area contributed by atoms with Crippen molar-refractivity contribution in [2.75, 3.05) is 26.1 Å². The number of anilines is 1. The van der Waals surface area contributed by atoms with Crippen LogP contribution in [0.15, 0.2) is 77.9 Å². The highest BCUT2D eigenvalue weighted by Crippen LogP contribution is 2.33. The molecule has 3 aromatic rings. The van der Waals surface area contributed by atoms with E-state index in [-0.39, 0.29) is 24.7 Å². The lowest BCUT2D eigenvalue weighted by molar-refractivity contribution is -0.132. The van der Waals surface area contributed by atoms with Crippen molar-refractivity contribution in [2.24, 2.45) is 5.10 Å². The van der Waals surface area contributed by atoms with E-state index in [4.69, 9.17) is 9.47 Å². The smallest absolute Gasteiger partial charge is 0.243 e. The summed E-state index contributed by atoms with van der Waals surface area (Å²) in [5.74, 6) is 1.06. The number of nitrogens with zero attached hydrogens (tertiary/aromatic N) is 2. The number of hydrazone groups is 1. The maximum Gasteiger partial charge on any atom is 0.243 e. The Morgan fingerprint density at radius 3 is 2.38 bits per heavy atom. The molecule has 7 nitrogen and oxygen atoms in total. The summed E-state index contributed by atoms with van der Waals surface area (Å²) < 4.78 is 10.7. The lowest BCUT2D eigenvalue weighted by Crippen LogP contribution is -2.25. The van der Waals surface area contributed by atoms with E-state index in [1.165, 1.54) is 5.01 Å². The largest absolute Gasteiger partial charge is 0.497 e. The van der Waals surface area contributed by atoms with Crippen molar-refractivity contribution in [1.82, 2.24) is 5.01 Å². The van der Waals surface area contributed by atoms with E-state index in [1.807, 2.05) is 66.7 Å². The van der Waals surface area contributed by atoms with E-state index in [0.717, 1.165) is 28.2 Å². The summed E-state index contributed by atoms with van der Waals surface area (Å²) in [4.78, 5) is 25.1. The predicted molar refractivity (Wildman–Crippen MR) is 132 cm³/mol. The number of amides is 2. The quantitative estimate of drug-likeness (QED) is 0.531. The van der Waals surface area contributed by atoms with Crippen molar-refractivity contribution in [3.05, 3.63) is 78.4 Å². The molecule has 1 N–H and O–H groups in total. The van der Waals surface area contributed by atoms with E-state index in [2.05, 4.69) is 10.4 Å². The van der Waals surface area contributed by atoms with Gasteiger partial charge in [0.1, 0.15) is 11.5 Å². The van der Waals surface area contributed by atoms with Crippen LogP contribution in [0.4, 0.5) is 5.69 Å². The number of carbonyl (C=O) groups excluding carboxylic acids is 2.